The van der Waals surface area contributed by atoms with Crippen molar-refractivity contribution in [1.29, 1.82) is 0 Å². The summed E-state index contributed by atoms with van der Waals surface area (Å²) in [6.07, 6.45) is 2.22. The topological polar surface area (TPSA) is 73.1 Å². The number of nitrogens with two attached hydrogens (primary N) is 1. The van der Waals surface area contributed by atoms with Crippen LogP contribution in [0.1, 0.15) is 45.0 Å². The van der Waals surface area contributed by atoms with Crippen LogP contribution >= 0.6 is 0 Å². The zero-order valence-corrected chi connectivity index (χ0v) is 13.0. The van der Waals surface area contributed by atoms with Gasteiger partial charge >= 0.3 is 0 Å². The van der Waals surface area contributed by atoms with Gasteiger partial charge in [-0.15, -0.1) is 0 Å². The fourth-order valence-electron chi connectivity index (χ4n) is 2.23. The molecule has 3 N–H and O–H groups in total. The number of aromatic nitrogens is 2. The molecule has 5 heteroatoms. The number of hydrogen-bond donors (Lipinski definition) is 2. The summed E-state index contributed by atoms with van der Waals surface area (Å²) >= 11 is 0. The Morgan fingerprint density at radius 2 is 1.90 bits per heavy atom. The van der Waals surface area contributed by atoms with E-state index in [-0.39, 0.29) is 5.41 Å². The van der Waals surface area contributed by atoms with Gasteiger partial charge in [0.05, 0.1) is 0 Å². The van der Waals surface area contributed by atoms with Crippen molar-refractivity contribution in [3.05, 3.63) is 11.4 Å². The first-order chi connectivity index (χ1) is 9.38. The molecule has 20 heavy (non-hydrogen) atoms. The Hall–Kier alpha value is -1.36. The van der Waals surface area contributed by atoms with Crippen LogP contribution in [0, 0.1) is 12.8 Å². The molecule has 0 atom stereocenters. The quantitative estimate of drug-likeness (QED) is 0.888. The number of nitrogens with zero attached hydrogens (tertiary/aromatic N) is 2. The number of rotatable bonds is 3. The maximum absolute atomic E-state index is 6.02. The van der Waals surface area contributed by atoms with Crippen LogP contribution in [0.15, 0.2) is 0 Å². The SMILES string of the molecule is Cc1c(N)nc(C(C)(C)C)nc1NCC1CCOCC1. The molecule has 1 saturated heterocycles. The van der Waals surface area contributed by atoms with Gasteiger partial charge in [-0.1, -0.05) is 20.8 Å². The van der Waals surface area contributed by atoms with Gasteiger partial charge < -0.3 is 15.8 Å². The van der Waals surface area contributed by atoms with Crippen molar-refractivity contribution in [3.8, 4) is 0 Å². The summed E-state index contributed by atoms with van der Waals surface area (Å²) in [4.78, 5) is 9.06. The molecular weight excluding hydrogens is 252 g/mol. The Morgan fingerprint density at radius 3 is 2.50 bits per heavy atom. The number of anilines is 2. The molecule has 0 aliphatic carbocycles. The molecule has 0 aromatic carbocycles. The number of nitrogens with one attached hydrogen (secondary N) is 1. The first-order valence-electron chi connectivity index (χ1n) is 7.34. The normalized spacial score (nSPS) is 17.2. The molecule has 1 aliphatic heterocycles. The molecule has 2 heterocycles. The Balaban J connectivity index is 2.11. The molecule has 0 unspecified atom stereocenters. The highest BCUT2D eigenvalue weighted by Gasteiger charge is 2.21. The molecule has 2 rings (SSSR count). The predicted molar refractivity (Wildman–Crippen MR) is 81.9 cm³/mol. The second-order valence-corrected chi connectivity index (χ2v) is 6.59. The molecular formula is C15H26N4O. The van der Waals surface area contributed by atoms with E-state index >= 15 is 0 Å². The van der Waals surface area contributed by atoms with E-state index < -0.39 is 0 Å². The van der Waals surface area contributed by atoms with Crippen LogP contribution in [0.25, 0.3) is 0 Å². The Morgan fingerprint density at radius 1 is 1.25 bits per heavy atom. The van der Waals surface area contributed by atoms with Gasteiger partial charge in [-0.05, 0) is 25.7 Å². The summed E-state index contributed by atoms with van der Waals surface area (Å²) in [5.74, 6) is 2.88. The maximum Gasteiger partial charge on any atom is 0.138 e. The van der Waals surface area contributed by atoms with Gasteiger partial charge in [0.15, 0.2) is 0 Å². The minimum absolute atomic E-state index is 0.100. The van der Waals surface area contributed by atoms with Crippen molar-refractivity contribution in [2.24, 2.45) is 5.92 Å². The minimum Gasteiger partial charge on any atom is -0.383 e. The van der Waals surface area contributed by atoms with Gasteiger partial charge in [0.1, 0.15) is 17.5 Å². The van der Waals surface area contributed by atoms with Crippen LogP contribution in [0.3, 0.4) is 0 Å². The molecule has 0 radical (unpaired) electrons. The van der Waals surface area contributed by atoms with Gasteiger partial charge in [0.2, 0.25) is 0 Å². The van der Waals surface area contributed by atoms with Crippen molar-refractivity contribution >= 4 is 11.6 Å². The lowest BCUT2D eigenvalue weighted by atomic mass is 9.95. The van der Waals surface area contributed by atoms with Gasteiger partial charge in [-0.25, -0.2) is 9.97 Å². The summed E-state index contributed by atoms with van der Waals surface area (Å²) in [5.41, 5.74) is 6.85. The Labute approximate surface area is 121 Å². The van der Waals surface area contributed by atoms with E-state index in [0.29, 0.717) is 11.7 Å². The Bertz CT molecular complexity index is 462. The van der Waals surface area contributed by atoms with E-state index in [1.54, 1.807) is 0 Å². The van der Waals surface area contributed by atoms with Crippen LogP contribution in [-0.4, -0.2) is 29.7 Å². The van der Waals surface area contributed by atoms with Crippen LogP contribution in [0.5, 0.6) is 0 Å². The molecule has 1 aromatic heterocycles. The van der Waals surface area contributed by atoms with Crippen molar-refractivity contribution in [2.75, 3.05) is 30.8 Å². The average molecular weight is 278 g/mol. The van der Waals surface area contributed by atoms with E-state index in [1.165, 1.54) is 0 Å². The van der Waals surface area contributed by atoms with E-state index in [2.05, 4.69) is 36.1 Å². The van der Waals surface area contributed by atoms with E-state index in [4.69, 9.17) is 10.5 Å². The molecule has 1 fully saturated rings. The maximum atomic E-state index is 6.02. The highest BCUT2D eigenvalue weighted by atomic mass is 16.5. The third-order valence-electron chi connectivity index (χ3n) is 3.75. The van der Waals surface area contributed by atoms with Crippen LogP contribution < -0.4 is 11.1 Å². The highest BCUT2D eigenvalue weighted by Crippen LogP contribution is 2.25. The fraction of sp³-hybridized carbons (Fsp3) is 0.733. The Kier molecular flexibility index (Phi) is 4.48. The fourth-order valence-corrected chi connectivity index (χ4v) is 2.23. The third-order valence-corrected chi connectivity index (χ3v) is 3.75. The van der Waals surface area contributed by atoms with Crippen LogP contribution in [0.2, 0.25) is 0 Å². The standard InChI is InChI=1S/C15H26N4O/c1-10-12(16)18-14(15(2,3)4)19-13(10)17-9-11-5-7-20-8-6-11/h11H,5-9H2,1-4H3,(H3,16,17,18,19). The highest BCUT2D eigenvalue weighted by molar-refractivity contribution is 5.55. The first kappa shape index (κ1) is 15.0. The van der Waals surface area contributed by atoms with Crippen molar-refractivity contribution in [2.45, 2.75) is 46.0 Å². The molecule has 0 amide bonds. The van der Waals surface area contributed by atoms with Gasteiger partial charge in [-0.2, -0.15) is 0 Å². The van der Waals surface area contributed by atoms with Crippen molar-refractivity contribution < 1.29 is 4.74 Å². The number of ether oxygens (including phenoxy) is 1. The van der Waals surface area contributed by atoms with Crippen molar-refractivity contribution in [1.82, 2.24) is 9.97 Å². The molecule has 1 aliphatic rings. The number of nitrogen functional groups attached to an aromatic ring is 1. The lowest BCUT2D eigenvalue weighted by Crippen LogP contribution is -2.24. The van der Waals surface area contributed by atoms with Gasteiger partial charge in [-0.3, -0.25) is 0 Å². The summed E-state index contributed by atoms with van der Waals surface area (Å²) in [5, 5.41) is 3.45. The predicted octanol–water partition coefficient (Wildman–Crippen LogP) is 2.50. The molecule has 112 valence electrons. The summed E-state index contributed by atoms with van der Waals surface area (Å²) in [6.45, 7) is 10.9. The second-order valence-electron chi connectivity index (χ2n) is 6.59. The molecule has 1 aromatic rings. The molecule has 0 saturated carbocycles. The smallest absolute Gasteiger partial charge is 0.138 e. The lowest BCUT2D eigenvalue weighted by Gasteiger charge is -2.24. The first-order valence-corrected chi connectivity index (χ1v) is 7.34. The zero-order valence-electron chi connectivity index (χ0n) is 13.0. The summed E-state index contributed by atoms with van der Waals surface area (Å²) < 4.78 is 5.38. The zero-order chi connectivity index (χ0) is 14.8. The third kappa shape index (κ3) is 3.60. The van der Waals surface area contributed by atoms with Crippen LogP contribution in [0.4, 0.5) is 11.6 Å². The van der Waals surface area contributed by atoms with Gasteiger partial charge in [0, 0.05) is 30.7 Å². The average Bonchev–Trinajstić information content (AvgIpc) is 2.40. The second kappa shape index (κ2) is 5.95. The molecule has 5 nitrogen and oxygen atoms in total. The van der Waals surface area contributed by atoms with E-state index in [0.717, 1.165) is 49.8 Å². The number of hydrogen-bond acceptors (Lipinski definition) is 5. The molecule has 0 spiro atoms. The van der Waals surface area contributed by atoms with E-state index in [1.807, 2.05) is 6.92 Å². The largest absolute Gasteiger partial charge is 0.383 e. The summed E-state index contributed by atoms with van der Waals surface area (Å²) in [7, 11) is 0. The van der Waals surface area contributed by atoms with Gasteiger partial charge in [0.25, 0.3) is 0 Å². The molecule has 0 bridgehead atoms. The van der Waals surface area contributed by atoms with Crippen LogP contribution in [-0.2, 0) is 10.2 Å². The lowest BCUT2D eigenvalue weighted by molar-refractivity contribution is 0.0699. The minimum atomic E-state index is -0.100. The van der Waals surface area contributed by atoms with E-state index in [9.17, 15) is 0 Å². The van der Waals surface area contributed by atoms with Crippen molar-refractivity contribution in [3.63, 3.8) is 0 Å². The monoisotopic (exact) mass is 278 g/mol. The summed E-state index contributed by atoms with van der Waals surface area (Å²) in [6, 6.07) is 0.